The van der Waals surface area contributed by atoms with Crippen LogP contribution < -0.4 is 10.1 Å². The number of aryl methyl sites for hydroxylation is 2. The first kappa shape index (κ1) is 16.4. The summed E-state index contributed by atoms with van der Waals surface area (Å²) < 4.78 is 20.3. The third-order valence-corrected chi connectivity index (χ3v) is 4.72. The highest BCUT2D eigenvalue weighted by Crippen LogP contribution is 2.20. The molecule has 0 aliphatic heterocycles. The number of fused-ring (bicyclic) bond motifs is 1. The molecule has 1 N–H and O–H groups in total. The number of imidazole rings is 1. The maximum absolute atomic E-state index is 13.7. The lowest BCUT2D eigenvalue weighted by atomic mass is 10.2. The molecule has 0 saturated carbocycles. The second kappa shape index (κ2) is 6.56. The molecule has 0 fully saturated rings. The minimum absolute atomic E-state index is 0.106. The predicted octanol–water partition coefficient (Wildman–Crippen LogP) is 2.74. The van der Waals surface area contributed by atoms with Gasteiger partial charge >= 0.3 is 0 Å². The van der Waals surface area contributed by atoms with E-state index in [9.17, 15) is 9.18 Å². The quantitative estimate of drug-likeness (QED) is 0.770. The zero-order chi connectivity index (χ0) is 17.3. The molecule has 6 nitrogen and oxygen atoms in total. The van der Waals surface area contributed by atoms with Gasteiger partial charge in [-0.05, 0) is 31.5 Å². The number of halogens is 1. The lowest BCUT2D eigenvalue weighted by Gasteiger charge is -2.07. The van der Waals surface area contributed by atoms with Gasteiger partial charge in [0, 0.05) is 5.56 Å². The van der Waals surface area contributed by atoms with Crippen LogP contribution in [0.5, 0.6) is 5.75 Å². The summed E-state index contributed by atoms with van der Waals surface area (Å²) in [5.41, 5.74) is 1.88. The molecule has 2 heterocycles. The number of methoxy groups -OCH3 is 1. The highest BCUT2D eigenvalue weighted by atomic mass is 32.1. The number of rotatable bonds is 5. The van der Waals surface area contributed by atoms with E-state index in [1.54, 1.807) is 4.52 Å². The van der Waals surface area contributed by atoms with Crippen molar-refractivity contribution in [2.24, 2.45) is 0 Å². The first-order chi connectivity index (χ1) is 11.5. The van der Waals surface area contributed by atoms with Crippen molar-refractivity contribution >= 4 is 22.2 Å². The van der Waals surface area contributed by atoms with Gasteiger partial charge in [-0.2, -0.15) is 5.10 Å². The molecule has 1 aromatic carbocycles. The van der Waals surface area contributed by atoms with E-state index in [0.29, 0.717) is 0 Å². The molecule has 0 radical (unpaired) electrons. The van der Waals surface area contributed by atoms with Crippen LogP contribution in [0.3, 0.4) is 0 Å². The average Bonchev–Trinajstić information content (AvgIpc) is 3.09. The number of carbonyl (C=O) groups is 1. The Bertz CT molecular complexity index is 903. The van der Waals surface area contributed by atoms with E-state index in [-0.39, 0.29) is 23.8 Å². The number of hydrogen-bond acceptors (Lipinski definition) is 5. The molecule has 0 aliphatic rings. The number of aromatic nitrogens is 3. The summed E-state index contributed by atoms with van der Waals surface area (Å²) in [6.45, 7) is 4.18. The van der Waals surface area contributed by atoms with E-state index < -0.39 is 5.82 Å². The summed E-state index contributed by atoms with van der Waals surface area (Å²) in [6, 6.07) is 4.11. The van der Waals surface area contributed by atoms with Crippen molar-refractivity contribution in [1.82, 2.24) is 19.9 Å². The topological polar surface area (TPSA) is 68.5 Å². The molecule has 24 heavy (non-hydrogen) atoms. The number of nitrogens with zero attached hydrogens (tertiary/aromatic N) is 3. The Labute approximate surface area is 142 Å². The summed E-state index contributed by atoms with van der Waals surface area (Å²) in [5, 5.41) is 8.26. The highest BCUT2D eigenvalue weighted by molar-refractivity contribution is 7.16. The van der Waals surface area contributed by atoms with E-state index in [1.807, 2.05) is 13.8 Å². The molecule has 2 aromatic heterocycles. The molecule has 8 heteroatoms. The Kier molecular flexibility index (Phi) is 4.48. The molecule has 0 bridgehead atoms. The number of benzene rings is 1. The Morgan fingerprint density at radius 2 is 2.25 bits per heavy atom. The lowest BCUT2D eigenvalue weighted by molar-refractivity contribution is 0.0949. The predicted molar refractivity (Wildman–Crippen MR) is 89.1 cm³/mol. The van der Waals surface area contributed by atoms with Gasteiger partial charge in [0.05, 0.1) is 25.0 Å². The van der Waals surface area contributed by atoms with E-state index >= 15 is 0 Å². The molecule has 0 atom stereocenters. The Balaban J connectivity index is 1.78. The Morgan fingerprint density at radius 1 is 1.46 bits per heavy atom. The van der Waals surface area contributed by atoms with Gasteiger partial charge in [-0.15, -0.1) is 0 Å². The number of hydrogen-bond donors (Lipinski definition) is 1. The van der Waals surface area contributed by atoms with Crippen molar-refractivity contribution in [3.63, 3.8) is 0 Å². The summed E-state index contributed by atoms with van der Waals surface area (Å²) in [7, 11) is 1.38. The molecule has 126 valence electrons. The van der Waals surface area contributed by atoms with Gasteiger partial charge in [-0.3, -0.25) is 4.79 Å². The maximum atomic E-state index is 13.7. The summed E-state index contributed by atoms with van der Waals surface area (Å²) in [4.78, 5) is 17.5. The van der Waals surface area contributed by atoms with Crippen molar-refractivity contribution in [2.45, 2.75) is 26.8 Å². The van der Waals surface area contributed by atoms with Crippen LogP contribution in [0.25, 0.3) is 4.96 Å². The van der Waals surface area contributed by atoms with Crippen LogP contribution in [0.15, 0.2) is 18.2 Å². The molecular formula is C16H17FN4O2S. The largest absolute Gasteiger partial charge is 0.494 e. The van der Waals surface area contributed by atoms with Crippen LogP contribution in [0, 0.1) is 12.7 Å². The summed E-state index contributed by atoms with van der Waals surface area (Å²) in [5.74, 6) is -0.827. The summed E-state index contributed by atoms with van der Waals surface area (Å²) in [6.07, 6.45) is 0.837. The van der Waals surface area contributed by atoms with Crippen LogP contribution in [-0.2, 0) is 13.0 Å². The maximum Gasteiger partial charge on any atom is 0.251 e. The minimum atomic E-state index is -0.569. The smallest absolute Gasteiger partial charge is 0.251 e. The fourth-order valence-corrected chi connectivity index (χ4v) is 3.25. The third kappa shape index (κ3) is 2.96. The molecule has 0 spiro atoms. The number of nitrogens with one attached hydrogen (secondary N) is 1. The van der Waals surface area contributed by atoms with E-state index in [0.717, 1.165) is 33.8 Å². The van der Waals surface area contributed by atoms with Crippen LogP contribution in [0.2, 0.25) is 0 Å². The fraction of sp³-hybridized carbons (Fsp3) is 0.312. The van der Waals surface area contributed by atoms with Gasteiger partial charge in [-0.25, -0.2) is 13.9 Å². The van der Waals surface area contributed by atoms with E-state index in [1.165, 1.54) is 30.6 Å². The monoisotopic (exact) mass is 348 g/mol. The average molecular weight is 348 g/mol. The number of ether oxygens (including phenoxy) is 1. The first-order valence-electron chi connectivity index (χ1n) is 7.49. The second-order valence-corrected chi connectivity index (χ2v) is 6.26. The molecule has 0 saturated heterocycles. The van der Waals surface area contributed by atoms with Crippen LogP contribution in [-0.4, -0.2) is 27.6 Å². The normalized spacial score (nSPS) is 11.0. The van der Waals surface area contributed by atoms with Crippen LogP contribution in [0.1, 0.15) is 33.7 Å². The molecule has 3 rings (SSSR count). The van der Waals surface area contributed by atoms with E-state index in [2.05, 4.69) is 15.4 Å². The van der Waals surface area contributed by atoms with Gasteiger partial charge in [0.25, 0.3) is 5.91 Å². The third-order valence-electron chi connectivity index (χ3n) is 3.67. The van der Waals surface area contributed by atoms with Crippen LogP contribution in [0.4, 0.5) is 4.39 Å². The van der Waals surface area contributed by atoms with Crippen molar-refractivity contribution in [3.8, 4) is 5.75 Å². The Morgan fingerprint density at radius 3 is 2.92 bits per heavy atom. The molecule has 1 amide bonds. The standard InChI is InChI=1S/C16H17FN4O2S/c1-4-14-20-21-12(9(2)19-16(21)24-14)8-18-15(22)10-5-6-13(23-3)11(17)7-10/h5-7H,4,8H2,1-3H3,(H,18,22). The van der Waals surface area contributed by atoms with Gasteiger partial charge in [0.2, 0.25) is 4.96 Å². The van der Waals surface area contributed by atoms with Gasteiger partial charge in [0.15, 0.2) is 11.6 Å². The zero-order valence-electron chi connectivity index (χ0n) is 13.6. The summed E-state index contributed by atoms with van der Waals surface area (Å²) >= 11 is 1.53. The molecule has 3 aromatic rings. The van der Waals surface area contributed by atoms with E-state index in [4.69, 9.17) is 4.74 Å². The van der Waals surface area contributed by atoms with Crippen molar-refractivity contribution in [1.29, 1.82) is 0 Å². The molecule has 0 aliphatic carbocycles. The minimum Gasteiger partial charge on any atom is -0.494 e. The first-order valence-corrected chi connectivity index (χ1v) is 8.30. The number of amides is 1. The molecular weight excluding hydrogens is 331 g/mol. The lowest BCUT2D eigenvalue weighted by Crippen LogP contribution is -2.24. The SMILES string of the molecule is CCc1nn2c(CNC(=O)c3ccc(OC)c(F)c3)c(C)nc2s1. The van der Waals surface area contributed by atoms with Crippen molar-refractivity contribution < 1.29 is 13.9 Å². The number of carbonyl (C=O) groups excluding carboxylic acids is 1. The second-order valence-electron chi connectivity index (χ2n) is 5.22. The Hall–Kier alpha value is -2.48. The van der Waals surface area contributed by atoms with Crippen molar-refractivity contribution in [3.05, 3.63) is 46.0 Å². The molecule has 0 unspecified atom stereocenters. The van der Waals surface area contributed by atoms with Crippen LogP contribution >= 0.6 is 11.3 Å². The fourth-order valence-electron chi connectivity index (χ4n) is 2.35. The van der Waals surface area contributed by atoms with Gasteiger partial charge in [-0.1, -0.05) is 18.3 Å². The van der Waals surface area contributed by atoms with Gasteiger partial charge < -0.3 is 10.1 Å². The highest BCUT2D eigenvalue weighted by Gasteiger charge is 2.15. The van der Waals surface area contributed by atoms with Crippen molar-refractivity contribution in [2.75, 3.05) is 7.11 Å². The van der Waals surface area contributed by atoms with Gasteiger partial charge in [0.1, 0.15) is 5.01 Å². The zero-order valence-corrected chi connectivity index (χ0v) is 14.4.